The molecule has 0 aliphatic carbocycles. The summed E-state index contributed by atoms with van der Waals surface area (Å²) >= 11 is 3.28. The van der Waals surface area contributed by atoms with Crippen LogP contribution in [0.5, 0.6) is 0 Å². The maximum atomic E-state index is 11.2. The number of rotatable bonds is 12. The van der Waals surface area contributed by atoms with Crippen LogP contribution in [-0.2, 0) is 14.3 Å². The molecule has 0 rings (SSSR count). The van der Waals surface area contributed by atoms with E-state index < -0.39 is 0 Å². The Balaban J connectivity index is 3.82. The van der Waals surface area contributed by atoms with Crippen LogP contribution in [-0.4, -0.2) is 34.4 Å². The number of carbonyl (C=O) groups excluding carboxylic acids is 2. The molecule has 5 heteroatoms. The van der Waals surface area contributed by atoms with Gasteiger partial charge in [0.25, 0.3) is 0 Å². The number of esters is 1. The van der Waals surface area contributed by atoms with Crippen molar-refractivity contribution >= 4 is 34.6 Å². The van der Waals surface area contributed by atoms with Crippen molar-refractivity contribution in [3.05, 3.63) is 12.7 Å². The van der Waals surface area contributed by atoms with Gasteiger partial charge in [0.15, 0.2) is 5.12 Å². The number of ether oxygens (including phenoxy) is 1. The van der Waals surface area contributed by atoms with Gasteiger partial charge in [-0.15, -0.1) is 6.58 Å². The first kappa shape index (κ1) is 19.6. The summed E-state index contributed by atoms with van der Waals surface area (Å²) in [5, 5.41) is 0.543. The third-order valence-corrected chi connectivity index (χ3v) is 4.75. The standard InChI is InChI=1S/C15H26O3S2/c1-4-11-19-12-10-14(20-13(3)16)8-6-7-9-15(17)18-5-2/h4,14H,1,5-12H2,2-3H3. The van der Waals surface area contributed by atoms with Gasteiger partial charge in [0.05, 0.1) is 6.61 Å². The van der Waals surface area contributed by atoms with Crippen LogP contribution < -0.4 is 0 Å². The molecule has 0 N–H and O–H groups in total. The van der Waals surface area contributed by atoms with Crippen LogP contribution in [0.25, 0.3) is 0 Å². The van der Waals surface area contributed by atoms with Crippen molar-refractivity contribution in [3.8, 4) is 0 Å². The van der Waals surface area contributed by atoms with Crippen LogP contribution in [0.2, 0.25) is 0 Å². The highest BCUT2D eigenvalue weighted by atomic mass is 32.2. The Hall–Kier alpha value is -0.420. The van der Waals surface area contributed by atoms with Crippen molar-refractivity contribution in [2.45, 2.75) is 51.2 Å². The van der Waals surface area contributed by atoms with E-state index in [1.165, 1.54) is 11.8 Å². The molecular formula is C15H26O3S2. The molecule has 0 heterocycles. The highest BCUT2D eigenvalue weighted by Gasteiger charge is 2.12. The molecule has 0 aromatic heterocycles. The summed E-state index contributed by atoms with van der Waals surface area (Å²) in [6, 6.07) is 0. The van der Waals surface area contributed by atoms with E-state index in [-0.39, 0.29) is 11.1 Å². The van der Waals surface area contributed by atoms with E-state index in [2.05, 4.69) is 6.58 Å². The van der Waals surface area contributed by atoms with Crippen molar-refractivity contribution in [3.63, 3.8) is 0 Å². The quantitative estimate of drug-likeness (QED) is 0.308. The van der Waals surface area contributed by atoms with Gasteiger partial charge in [0.1, 0.15) is 0 Å². The summed E-state index contributed by atoms with van der Waals surface area (Å²) in [4.78, 5) is 22.5. The lowest BCUT2D eigenvalue weighted by atomic mass is 10.1. The molecule has 0 aromatic carbocycles. The van der Waals surface area contributed by atoms with E-state index >= 15 is 0 Å². The minimum absolute atomic E-state index is 0.121. The van der Waals surface area contributed by atoms with Crippen LogP contribution in [0, 0.1) is 0 Å². The molecule has 0 spiro atoms. The lowest BCUT2D eigenvalue weighted by Crippen LogP contribution is -2.08. The topological polar surface area (TPSA) is 43.4 Å². The van der Waals surface area contributed by atoms with Gasteiger partial charge in [-0.3, -0.25) is 9.59 Å². The van der Waals surface area contributed by atoms with Crippen molar-refractivity contribution in [1.29, 1.82) is 0 Å². The molecule has 0 aromatic rings. The fourth-order valence-electron chi connectivity index (χ4n) is 1.75. The Bertz CT molecular complexity index is 293. The second-order valence-corrected chi connectivity index (χ2v) is 7.06. The van der Waals surface area contributed by atoms with Gasteiger partial charge in [-0.2, -0.15) is 11.8 Å². The van der Waals surface area contributed by atoms with Gasteiger partial charge in [-0.05, 0) is 31.9 Å². The van der Waals surface area contributed by atoms with Crippen LogP contribution in [0.4, 0.5) is 0 Å². The predicted molar refractivity (Wildman–Crippen MR) is 89.3 cm³/mol. The molecule has 0 saturated carbocycles. The molecule has 3 nitrogen and oxygen atoms in total. The third-order valence-electron chi connectivity index (χ3n) is 2.61. The van der Waals surface area contributed by atoms with Gasteiger partial charge in [0.2, 0.25) is 0 Å². The second-order valence-electron chi connectivity index (χ2n) is 4.43. The highest BCUT2D eigenvalue weighted by molar-refractivity contribution is 8.14. The fraction of sp³-hybridized carbons (Fsp3) is 0.733. The lowest BCUT2D eigenvalue weighted by Gasteiger charge is -2.14. The Morgan fingerprint density at radius 2 is 2.05 bits per heavy atom. The zero-order valence-electron chi connectivity index (χ0n) is 12.6. The molecule has 0 aliphatic rings. The number of thioether (sulfide) groups is 2. The van der Waals surface area contributed by atoms with Crippen LogP contribution in [0.15, 0.2) is 12.7 Å². The van der Waals surface area contributed by atoms with Crippen molar-refractivity contribution in [2.24, 2.45) is 0 Å². The minimum atomic E-state index is -0.121. The molecule has 0 fully saturated rings. The molecule has 0 bridgehead atoms. The summed E-state index contributed by atoms with van der Waals surface area (Å²) in [6.45, 7) is 7.58. The van der Waals surface area contributed by atoms with E-state index in [1.807, 2.05) is 24.8 Å². The van der Waals surface area contributed by atoms with Gasteiger partial charge in [-0.1, -0.05) is 24.3 Å². The summed E-state index contributed by atoms with van der Waals surface area (Å²) in [5.74, 6) is 1.89. The zero-order chi connectivity index (χ0) is 15.2. The maximum Gasteiger partial charge on any atom is 0.305 e. The average molecular weight is 319 g/mol. The summed E-state index contributed by atoms with van der Waals surface area (Å²) in [6.07, 6.45) is 6.21. The molecule has 0 radical (unpaired) electrons. The average Bonchev–Trinajstić information content (AvgIpc) is 2.39. The molecule has 1 unspecified atom stereocenters. The molecule has 0 saturated heterocycles. The zero-order valence-corrected chi connectivity index (χ0v) is 14.2. The summed E-state index contributed by atoms with van der Waals surface area (Å²) < 4.78 is 4.89. The molecular weight excluding hydrogens is 292 g/mol. The predicted octanol–water partition coefficient (Wildman–Crippen LogP) is 4.07. The number of hydrogen-bond acceptors (Lipinski definition) is 5. The SMILES string of the molecule is C=CCSCCC(CCCCC(=O)OCC)SC(C)=O. The Morgan fingerprint density at radius 1 is 1.30 bits per heavy atom. The monoisotopic (exact) mass is 318 g/mol. The fourth-order valence-corrected chi connectivity index (χ4v) is 3.68. The Morgan fingerprint density at radius 3 is 2.65 bits per heavy atom. The van der Waals surface area contributed by atoms with E-state index in [0.29, 0.717) is 18.3 Å². The van der Waals surface area contributed by atoms with E-state index in [4.69, 9.17) is 4.74 Å². The van der Waals surface area contributed by atoms with Gasteiger partial charge in [0, 0.05) is 24.3 Å². The van der Waals surface area contributed by atoms with Gasteiger partial charge >= 0.3 is 5.97 Å². The smallest absolute Gasteiger partial charge is 0.305 e. The maximum absolute atomic E-state index is 11.2. The highest BCUT2D eigenvalue weighted by Crippen LogP contribution is 2.23. The minimum Gasteiger partial charge on any atom is -0.466 e. The number of carbonyl (C=O) groups is 2. The first-order valence-electron chi connectivity index (χ1n) is 7.11. The second kappa shape index (κ2) is 13.6. The third kappa shape index (κ3) is 12.6. The molecule has 1 atom stereocenters. The molecule has 20 heavy (non-hydrogen) atoms. The number of hydrogen-bond donors (Lipinski definition) is 0. The molecule has 116 valence electrons. The summed E-state index contributed by atoms with van der Waals surface area (Å²) in [7, 11) is 0. The van der Waals surface area contributed by atoms with Crippen molar-refractivity contribution in [1.82, 2.24) is 0 Å². The van der Waals surface area contributed by atoms with Crippen LogP contribution in [0.1, 0.15) is 46.0 Å². The van der Waals surface area contributed by atoms with Crippen molar-refractivity contribution < 1.29 is 14.3 Å². The van der Waals surface area contributed by atoms with Crippen LogP contribution in [0.3, 0.4) is 0 Å². The lowest BCUT2D eigenvalue weighted by molar-refractivity contribution is -0.143. The van der Waals surface area contributed by atoms with Crippen LogP contribution >= 0.6 is 23.5 Å². The molecule has 0 amide bonds. The van der Waals surface area contributed by atoms with E-state index in [9.17, 15) is 9.59 Å². The van der Waals surface area contributed by atoms with Crippen molar-refractivity contribution in [2.75, 3.05) is 18.1 Å². The Kier molecular flexibility index (Phi) is 13.3. The largest absolute Gasteiger partial charge is 0.466 e. The van der Waals surface area contributed by atoms with Gasteiger partial charge in [-0.25, -0.2) is 0 Å². The first-order valence-corrected chi connectivity index (χ1v) is 9.15. The van der Waals surface area contributed by atoms with Gasteiger partial charge < -0.3 is 4.74 Å². The van der Waals surface area contributed by atoms with E-state index in [1.54, 1.807) is 6.92 Å². The molecule has 0 aliphatic heterocycles. The number of unbranched alkanes of at least 4 members (excludes halogenated alkanes) is 1. The normalized spacial score (nSPS) is 11.9. The van der Waals surface area contributed by atoms with E-state index in [0.717, 1.165) is 37.2 Å². The first-order chi connectivity index (χ1) is 9.60. The summed E-state index contributed by atoms with van der Waals surface area (Å²) in [5.41, 5.74) is 0. The Labute approximate surface area is 131 Å².